The molecular weight excluding hydrogens is 368 g/mol. The second-order valence-corrected chi connectivity index (χ2v) is 6.33. The lowest BCUT2D eigenvalue weighted by atomic mass is 10.1. The number of fused-ring (bicyclic) bond motifs is 1. The molecule has 1 aromatic heterocycles. The third kappa shape index (κ3) is 3.75. The molecule has 0 bridgehead atoms. The van der Waals surface area contributed by atoms with Crippen LogP contribution in [-0.4, -0.2) is 16.4 Å². The topological polar surface area (TPSA) is 94.2 Å². The molecule has 0 unspecified atom stereocenters. The number of halogens is 2. The Labute approximate surface area is 158 Å². The summed E-state index contributed by atoms with van der Waals surface area (Å²) in [7, 11) is 0. The maximum atomic E-state index is 13.7. The smallest absolute Gasteiger partial charge is 0.259 e. The molecule has 1 heterocycles. The van der Waals surface area contributed by atoms with Gasteiger partial charge in [0.25, 0.3) is 5.56 Å². The van der Waals surface area contributed by atoms with Crippen molar-refractivity contribution in [3.8, 4) is 0 Å². The number of nitrogens with one attached hydrogen (secondary N) is 1. The largest absolute Gasteiger partial charge is 0.368 e. The Bertz CT molecular complexity index is 1140. The molecular formula is C20H17F2N3O3. The lowest BCUT2D eigenvalue weighted by Gasteiger charge is -2.14. The summed E-state index contributed by atoms with van der Waals surface area (Å²) >= 11 is 0. The molecule has 8 heteroatoms. The summed E-state index contributed by atoms with van der Waals surface area (Å²) in [4.78, 5) is 36.3. The van der Waals surface area contributed by atoms with Crippen molar-refractivity contribution in [1.29, 1.82) is 0 Å². The fourth-order valence-corrected chi connectivity index (χ4v) is 2.88. The molecule has 0 spiro atoms. The van der Waals surface area contributed by atoms with Gasteiger partial charge in [-0.25, -0.2) is 8.78 Å². The summed E-state index contributed by atoms with van der Waals surface area (Å²) in [6.45, 7) is 1.51. The molecule has 3 N–H and O–H groups in total. The van der Waals surface area contributed by atoms with Crippen molar-refractivity contribution in [2.75, 3.05) is 5.32 Å². The summed E-state index contributed by atoms with van der Waals surface area (Å²) in [6.07, 6.45) is 1.13. The lowest BCUT2D eigenvalue weighted by Crippen LogP contribution is -2.31. The van der Waals surface area contributed by atoms with Gasteiger partial charge in [0.05, 0.1) is 6.42 Å². The SMILES string of the molecule is C[C@H](C(N)=O)n1ccc2c(NC(=O)Cc3ccc(F)cc3F)cccc2c1=O. The van der Waals surface area contributed by atoms with Gasteiger partial charge in [-0.15, -0.1) is 0 Å². The molecule has 6 nitrogen and oxygen atoms in total. The molecule has 0 fully saturated rings. The fraction of sp³-hybridized carbons (Fsp3) is 0.150. The lowest BCUT2D eigenvalue weighted by molar-refractivity contribution is -0.120. The maximum Gasteiger partial charge on any atom is 0.259 e. The van der Waals surface area contributed by atoms with E-state index in [1.165, 1.54) is 23.8 Å². The van der Waals surface area contributed by atoms with E-state index >= 15 is 0 Å². The highest BCUT2D eigenvalue weighted by Gasteiger charge is 2.16. The van der Waals surface area contributed by atoms with Crippen molar-refractivity contribution >= 4 is 28.3 Å². The van der Waals surface area contributed by atoms with E-state index in [9.17, 15) is 23.2 Å². The molecule has 1 atom stereocenters. The summed E-state index contributed by atoms with van der Waals surface area (Å²) in [6, 6.07) is 8.50. The highest BCUT2D eigenvalue weighted by molar-refractivity contribution is 6.02. The molecule has 0 radical (unpaired) electrons. The summed E-state index contributed by atoms with van der Waals surface area (Å²) in [5, 5.41) is 3.39. The molecule has 3 aromatic rings. The van der Waals surface area contributed by atoms with E-state index in [2.05, 4.69) is 5.32 Å². The van der Waals surface area contributed by atoms with Crippen LogP contribution in [0.4, 0.5) is 14.5 Å². The van der Waals surface area contributed by atoms with Gasteiger partial charge in [-0.05, 0) is 36.8 Å². The minimum absolute atomic E-state index is 0.0526. The van der Waals surface area contributed by atoms with Gasteiger partial charge < -0.3 is 15.6 Å². The van der Waals surface area contributed by atoms with Gasteiger partial charge in [0.2, 0.25) is 11.8 Å². The van der Waals surface area contributed by atoms with Crippen molar-refractivity contribution in [3.05, 3.63) is 76.2 Å². The Morgan fingerprint density at radius 1 is 1.14 bits per heavy atom. The van der Waals surface area contributed by atoms with Gasteiger partial charge in [-0.2, -0.15) is 0 Å². The molecule has 28 heavy (non-hydrogen) atoms. The Kier molecular flexibility index (Phi) is 5.21. The number of pyridine rings is 1. The van der Waals surface area contributed by atoms with Crippen molar-refractivity contribution < 1.29 is 18.4 Å². The zero-order valence-corrected chi connectivity index (χ0v) is 14.9. The average Bonchev–Trinajstić information content (AvgIpc) is 2.64. The maximum absolute atomic E-state index is 13.7. The van der Waals surface area contributed by atoms with Crippen LogP contribution in [0.3, 0.4) is 0 Å². The Hall–Kier alpha value is -3.55. The number of amides is 2. The number of nitrogens with zero attached hydrogens (tertiary/aromatic N) is 1. The number of rotatable bonds is 5. The first-order valence-corrected chi connectivity index (χ1v) is 8.45. The van der Waals surface area contributed by atoms with Crippen LogP contribution in [0.1, 0.15) is 18.5 Å². The third-order valence-electron chi connectivity index (χ3n) is 4.44. The van der Waals surface area contributed by atoms with Gasteiger partial charge in [0, 0.05) is 28.7 Å². The first kappa shape index (κ1) is 19.2. The predicted octanol–water partition coefficient (Wildman–Crippen LogP) is 2.51. The number of benzene rings is 2. The molecule has 0 aliphatic carbocycles. The minimum Gasteiger partial charge on any atom is -0.368 e. The van der Waals surface area contributed by atoms with E-state index in [0.717, 1.165) is 6.07 Å². The van der Waals surface area contributed by atoms with E-state index in [4.69, 9.17) is 5.73 Å². The molecule has 0 saturated heterocycles. The molecule has 2 amide bonds. The fourth-order valence-electron chi connectivity index (χ4n) is 2.88. The van der Waals surface area contributed by atoms with Crippen LogP contribution in [0, 0.1) is 11.6 Å². The Balaban J connectivity index is 1.91. The zero-order chi connectivity index (χ0) is 20.4. The van der Waals surface area contributed by atoms with Gasteiger partial charge in [-0.3, -0.25) is 14.4 Å². The molecule has 0 aliphatic rings. The second-order valence-electron chi connectivity index (χ2n) is 6.33. The normalized spacial score (nSPS) is 12.0. The minimum atomic E-state index is -0.823. The van der Waals surface area contributed by atoms with Crippen LogP contribution in [-0.2, 0) is 16.0 Å². The Morgan fingerprint density at radius 2 is 1.89 bits per heavy atom. The van der Waals surface area contributed by atoms with E-state index in [1.54, 1.807) is 24.3 Å². The molecule has 0 aliphatic heterocycles. The van der Waals surface area contributed by atoms with Crippen LogP contribution < -0.4 is 16.6 Å². The number of carbonyl (C=O) groups excluding carboxylic acids is 2. The number of hydrogen-bond acceptors (Lipinski definition) is 3. The van der Waals surface area contributed by atoms with E-state index in [-0.39, 0.29) is 12.0 Å². The second kappa shape index (κ2) is 7.59. The quantitative estimate of drug-likeness (QED) is 0.707. The van der Waals surface area contributed by atoms with Crippen molar-refractivity contribution in [1.82, 2.24) is 4.57 Å². The predicted molar refractivity (Wildman–Crippen MR) is 101 cm³/mol. The highest BCUT2D eigenvalue weighted by Crippen LogP contribution is 2.22. The van der Waals surface area contributed by atoms with E-state index < -0.39 is 35.0 Å². The first-order valence-electron chi connectivity index (χ1n) is 8.45. The standard InChI is InChI=1S/C20H17F2N3O3/c1-11(19(23)27)25-8-7-14-15(20(25)28)3-2-4-17(14)24-18(26)9-12-5-6-13(21)10-16(12)22/h2-8,10-11H,9H2,1H3,(H2,23,27)(H,24,26)/t11-/m1/s1. The first-order chi connectivity index (χ1) is 13.3. The van der Waals surface area contributed by atoms with Crippen molar-refractivity contribution in [3.63, 3.8) is 0 Å². The number of anilines is 1. The zero-order valence-electron chi connectivity index (χ0n) is 14.9. The van der Waals surface area contributed by atoms with Crippen LogP contribution in [0.15, 0.2) is 53.5 Å². The van der Waals surface area contributed by atoms with Crippen LogP contribution in [0.25, 0.3) is 10.8 Å². The van der Waals surface area contributed by atoms with Gasteiger partial charge in [-0.1, -0.05) is 12.1 Å². The van der Waals surface area contributed by atoms with Gasteiger partial charge >= 0.3 is 0 Å². The Morgan fingerprint density at radius 3 is 2.57 bits per heavy atom. The highest BCUT2D eigenvalue weighted by atomic mass is 19.1. The third-order valence-corrected chi connectivity index (χ3v) is 4.44. The van der Waals surface area contributed by atoms with Gasteiger partial charge in [0.1, 0.15) is 17.7 Å². The summed E-state index contributed by atoms with van der Waals surface area (Å²) < 4.78 is 27.9. The molecule has 0 saturated carbocycles. The van der Waals surface area contributed by atoms with Crippen LogP contribution in [0.5, 0.6) is 0 Å². The van der Waals surface area contributed by atoms with Crippen molar-refractivity contribution in [2.45, 2.75) is 19.4 Å². The number of primary amides is 1. The number of aromatic nitrogens is 1. The molecule has 144 valence electrons. The van der Waals surface area contributed by atoms with Gasteiger partial charge in [0.15, 0.2) is 0 Å². The average molecular weight is 385 g/mol. The van der Waals surface area contributed by atoms with E-state index in [1.807, 2.05) is 0 Å². The van der Waals surface area contributed by atoms with E-state index in [0.29, 0.717) is 22.5 Å². The number of nitrogens with two attached hydrogens (primary N) is 1. The van der Waals surface area contributed by atoms with Crippen LogP contribution in [0.2, 0.25) is 0 Å². The van der Waals surface area contributed by atoms with Crippen LogP contribution >= 0.6 is 0 Å². The molecule has 2 aromatic carbocycles. The monoisotopic (exact) mass is 385 g/mol. The summed E-state index contributed by atoms with van der Waals surface area (Å²) in [5.41, 5.74) is 5.25. The molecule has 3 rings (SSSR count). The van der Waals surface area contributed by atoms with Crippen molar-refractivity contribution in [2.24, 2.45) is 5.73 Å². The number of hydrogen-bond donors (Lipinski definition) is 2. The number of carbonyl (C=O) groups is 2. The summed E-state index contributed by atoms with van der Waals surface area (Å²) in [5.74, 6) is -2.70.